The van der Waals surface area contributed by atoms with Gasteiger partial charge in [-0.3, -0.25) is 4.79 Å². The van der Waals surface area contributed by atoms with Crippen LogP contribution in [0.2, 0.25) is 10.0 Å². The number of nitrogen functional groups attached to an aromatic ring is 1. The van der Waals surface area contributed by atoms with E-state index in [-0.39, 0.29) is 5.91 Å². The second-order valence-electron chi connectivity index (χ2n) is 4.23. The maximum absolute atomic E-state index is 12.3. The summed E-state index contributed by atoms with van der Waals surface area (Å²) in [6.07, 6.45) is 0. The lowest BCUT2D eigenvalue weighted by atomic mass is 10.1. The van der Waals surface area contributed by atoms with E-state index in [1.165, 1.54) is 0 Å². The minimum atomic E-state index is -0.350. The number of carbonyl (C=O) groups excluding carboxylic acids is 1. The molecule has 104 valence electrons. The molecule has 0 aromatic heterocycles. The number of para-hydroxylation sites is 1. The lowest BCUT2D eigenvalue weighted by Crippen LogP contribution is -2.15. The maximum atomic E-state index is 12.3. The number of hydrogen-bond donors (Lipinski definition) is 2. The van der Waals surface area contributed by atoms with Crippen molar-refractivity contribution in [2.75, 3.05) is 11.1 Å². The third kappa shape index (κ3) is 3.08. The van der Waals surface area contributed by atoms with Crippen molar-refractivity contribution in [1.82, 2.24) is 0 Å². The number of aryl methyl sites for hydroxylation is 1. The summed E-state index contributed by atoms with van der Waals surface area (Å²) in [5, 5.41) is 3.39. The second-order valence-corrected chi connectivity index (χ2v) is 5.96. The van der Waals surface area contributed by atoms with Gasteiger partial charge in [-0.05, 0) is 30.7 Å². The molecule has 0 atom stereocenters. The van der Waals surface area contributed by atoms with E-state index in [4.69, 9.17) is 28.9 Å². The molecule has 0 aliphatic rings. The molecule has 0 spiro atoms. The summed E-state index contributed by atoms with van der Waals surface area (Å²) in [7, 11) is 0. The van der Waals surface area contributed by atoms with Crippen molar-refractivity contribution in [3.05, 3.63) is 56.0 Å². The minimum absolute atomic E-state index is 0.350. The number of benzene rings is 2. The molecule has 0 saturated carbocycles. The molecule has 0 unspecified atom stereocenters. The van der Waals surface area contributed by atoms with Gasteiger partial charge in [0.15, 0.2) is 0 Å². The van der Waals surface area contributed by atoms with Crippen LogP contribution in [0.1, 0.15) is 15.9 Å². The molecule has 20 heavy (non-hydrogen) atoms. The van der Waals surface area contributed by atoms with Crippen LogP contribution in [0, 0.1) is 6.92 Å². The molecule has 6 heteroatoms. The van der Waals surface area contributed by atoms with E-state index in [1.807, 2.05) is 13.0 Å². The molecular formula is C14H11BrCl2N2O. The van der Waals surface area contributed by atoms with Gasteiger partial charge < -0.3 is 11.1 Å². The summed E-state index contributed by atoms with van der Waals surface area (Å²) in [5.74, 6) is -0.350. The molecule has 2 aromatic carbocycles. The summed E-state index contributed by atoms with van der Waals surface area (Å²) in [6.45, 7) is 1.84. The van der Waals surface area contributed by atoms with Gasteiger partial charge in [-0.15, -0.1) is 0 Å². The van der Waals surface area contributed by atoms with Crippen molar-refractivity contribution < 1.29 is 4.79 Å². The average molecular weight is 374 g/mol. The zero-order chi connectivity index (χ0) is 14.9. The molecule has 0 fully saturated rings. The first kappa shape index (κ1) is 15.2. The third-order valence-electron chi connectivity index (χ3n) is 2.81. The molecule has 0 heterocycles. The fourth-order valence-electron chi connectivity index (χ4n) is 1.72. The van der Waals surface area contributed by atoms with Crippen LogP contribution in [-0.4, -0.2) is 5.91 Å². The summed E-state index contributed by atoms with van der Waals surface area (Å²) in [5.41, 5.74) is 7.93. The highest BCUT2D eigenvalue weighted by Crippen LogP contribution is 2.34. The predicted molar refractivity (Wildman–Crippen MR) is 87.7 cm³/mol. The Morgan fingerprint density at radius 3 is 2.45 bits per heavy atom. The van der Waals surface area contributed by atoms with Crippen LogP contribution in [0.3, 0.4) is 0 Å². The Morgan fingerprint density at radius 1 is 1.25 bits per heavy atom. The molecule has 0 aliphatic carbocycles. The van der Waals surface area contributed by atoms with Gasteiger partial charge in [0.05, 0.1) is 21.3 Å². The van der Waals surface area contributed by atoms with Gasteiger partial charge in [0.2, 0.25) is 0 Å². The predicted octanol–water partition coefficient (Wildman–Crippen LogP) is 4.90. The van der Waals surface area contributed by atoms with Crippen LogP contribution < -0.4 is 11.1 Å². The average Bonchev–Trinajstić information content (AvgIpc) is 2.36. The van der Waals surface area contributed by atoms with Gasteiger partial charge >= 0.3 is 0 Å². The first-order valence-electron chi connectivity index (χ1n) is 5.71. The van der Waals surface area contributed by atoms with Crippen LogP contribution in [-0.2, 0) is 0 Å². The van der Waals surface area contributed by atoms with Gasteiger partial charge in [-0.2, -0.15) is 0 Å². The molecule has 1 amide bonds. The Morgan fingerprint density at radius 2 is 1.85 bits per heavy atom. The smallest absolute Gasteiger partial charge is 0.257 e. The van der Waals surface area contributed by atoms with E-state index >= 15 is 0 Å². The molecule has 0 aliphatic heterocycles. The van der Waals surface area contributed by atoms with Gasteiger partial charge in [0, 0.05) is 10.2 Å². The number of hydrogen-bond acceptors (Lipinski definition) is 2. The minimum Gasteiger partial charge on any atom is -0.398 e. The summed E-state index contributed by atoms with van der Waals surface area (Å²) >= 11 is 15.4. The quantitative estimate of drug-likeness (QED) is 0.735. The Bertz CT molecular complexity index is 666. The van der Waals surface area contributed by atoms with Crippen molar-refractivity contribution >= 4 is 56.4 Å². The van der Waals surface area contributed by atoms with Crippen LogP contribution in [0.15, 0.2) is 34.8 Å². The van der Waals surface area contributed by atoms with E-state index in [0.717, 1.165) is 10.0 Å². The van der Waals surface area contributed by atoms with Gasteiger partial charge in [0.1, 0.15) is 0 Å². The normalized spacial score (nSPS) is 10.4. The Balaban J connectivity index is 2.36. The van der Waals surface area contributed by atoms with Gasteiger partial charge in [-0.1, -0.05) is 51.3 Å². The van der Waals surface area contributed by atoms with Crippen molar-refractivity contribution in [1.29, 1.82) is 0 Å². The Hall–Kier alpha value is -1.23. The monoisotopic (exact) mass is 372 g/mol. The number of anilines is 2. The summed E-state index contributed by atoms with van der Waals surface area (Å²) in [4.78, 5) is 12.3. The zero-order valence-corrected chi connectivity index (χ0v) is 13.6. The lowest BCUT2D eigenvalue weighted by molar-refractivity contribution is 0.102. The van der Waals surface area contributed by atoms with E-state index in [1.54, 1.807) is 24.3 Å². The number of halogens is 3. The molecule has 0 radical (unpaired) electrons. The van der Waals surface area contributed by atoms with Crippen LogP contribution >= 0.6 is 39.1 Å². The van der Waals surface area contributed by atoms with Crippen LogP contribution in [0.25, 0.3) is 0 Å². The Labute approximate surface area is 135 Å². The highest BCUT2D eigenvalue weighted by atomic mass is 79.9. The molecule has 3 nitrogen and oxygen atoms in total. The standard InChI is InChI=1S/C14H11BrCl2N2O/c1-7-3-2-4-9(12(7)18)14(20)19-13-10(16)5-8(15)6-11(13)17/h2-6H,18H2,1H3,(H,19,20). The topological polar surface area (TPSA) is 55.1 Å². The number of amides is 1. The summed E-state index contributed by atoms with van der Waals surface area (Å²) < 4.78 is 0.737. The van der Waals surface area contributed by atoms with E-state index in [9.17, 15) is 4.79 Å². The summed E-state index contributed by atoms with van der Waals surface area (Å²) in [6, 6.07) is 8.57. The number of carbonyl (C=O) groups is 1. The van der Waals surface area contributed by atoms with E-state index in [0.29, 0.717) is 27.0 Å². The number of rotatable bonds is 2. The van der Waals surface area contributed by atoms with Gasteiger partial charge in [0.25, 0.3) is 5.91 Å². The fourth-order valence-corrected chi connectivity index (χ4v) is 3.02. The molecule has 3 N–H and O–H groups in total. The SMILES string of the molecule is Cc1cccc(C(=O)Nc2c(Cl)cc(Br)cc2Cl)c1N. The molecular weight excluding hydrogens is 363 g/mol. The van der Waals surface area contributed by atoms with E-state index in [2.05, 4.69) is 21.2 Å². The molecule has 2 rings (SSSR count). The van der Waals surface area contributed by atoms with Gasteiger partial charge in [-0.25, -0.2) is 0 Å². The lowest BCUT2D eigenvalue weighted by Gasteiger charge is -2.12. The first-order valence-corrected chi connectivity index (χ1v) is 7.26. The van der Waals surface area contributed by atoms with Crippen molar-refractivity contribution in [3.63, 3.8) is 0 Å². The van der Waals surface area contributed by atoms with E-state index < -0.39 is 0 Å². The second kappa shape index (κ2) is 6.04. The first-order chi connectivity index (χ1) is 9.40. The van der Waals surface area contributed by atoms with Crippen LogP contribution in [0.5, 0.6) is 0 Å². The highest BCUT2D eigenvalue weighted by Gasteiger charge is 2.15. The molecule has 0 saturated heterocycles. The molecule has 2 aromatic rings. The highest BCUT2D eigenvalue weighted by molar-refractivity contribution is 9.10. The number of nitrogens with one attached hydrogen (secondary N) is 1. The maximum Gasteiger partial charge on any atom is 0.257 e. The third-order valence-corrected chi connectivity index (χ3v) is 3.87. The Kier molecular flexibility index (Phi) is 4.58. The van der Waals surface area contributed by atoms with Crippen molar-refractivity contribution in [2.24, 2.45) is 0 Å². The van der Waals surface area contributed by atoms with Crippen molar-refractivity contribution in [3.8, 4) is 0 Å². The fraction of sp³-hybridized carbons (Fsp3) is 0.0714. The van der Waals surface area contributed by atoms with Crippen LogP contribution in [0.4, 0.5) is 11.4 Å². The number of nitrogens with two attached hydrogens (primary N) is 1. The largest absolute Gasteiger partial charge is 0.398 e. The molecule has 0 bridgehead atoms. The van der Waals surface area contributed by atoms with Crippen molar-refractivity contribution in [2.45, 2.75) is 6.92 Å². The zero-order valence-electron chi connectivity index (χ0n) is 10.5.